The zero-order valence-electron chi connectivity index (χ0n) is 8.07. The molecule has 76 valence electrons. The minimum atomic E-state index is -0.430. The molecule has 0 saturated heterocycles. The summed E-state index contributed by atoms with van der Waals surface area (Å²) in [4.78, 5) is 26.4. The number of amides is 1. The van der Waals surface area contributed by atoms with Gasteiger partial charge in [0.2, 0.25) is 0 Å². The fourth-order valence-electron chi connectivity index (χ4n) is 1.15. The number of hydrazine groups is 1. The van der Waals surface area contributed by atoms with Crippen LogP contribution in [0, 0.1) is 13.8 Å². The van der Waals surface area contributed by atoms with E-state index in [1.807, 2.05) is 5.43 Å². The highest BCUT2D eigenvalue weighted by atomic mass is 16.2. The molecule has 0 radical (unpaired) electrons. The second-order valence-electron chi connectivity index (χ2n) is 2.94. The van der Waals surface area contributed by atoms with Gasteiger partial charge in [0.05, 0.1) is 0 Å². The fourth-order valence-corrected chi connectivity index (χ4v) is 1.15. The summed E-state index contributed by atoms with van der Waals surface area (Å²) in [7, 11) is 0. The molecule has 0 aliphatic heterocycles. The third-order valence-corrected chi connectivity index (χ3v) is 1.79. The summed E-state index contributed by atoms with van der Waals surface area (Å²) in [6.07, 6.45) is 0. The van der Waals surface area contributed by atoms with E-state index in [1.54, 1.807) is 13.8 Å². The maximum atomic E-state index is 11.4. The number of carbonyl (C=O) groups is 1. The van der Waals surface area contributed by atoms with E-state index in [2.05, 4.69) is 4.98 Å². The van der Waals surface area contributed by atoms with Crippen LogP contribution in [0.25, 0.3) is 0 Å². The summed E-state index contributed by atoms with van der Waals surface area (Å²) in [6, 6.07) is 1.37. The summed E-state index contributed by atoms with van der Waals surface area (Å²) < 4.78 is 1.26. The Bertz CT molecular complexity index is 410. The lowest BCUT2D eigenvalue weighted by Crippen LogP contribution is -2.37. The fraction of sp³-hybridized carbons (Fsp3) is 0.375. The summed E-state index contributed by atoms with van der Waals surface area (Å²) in [5.74, 6) is 4.98. The van der Waals surface area contributed by atoms with Gasteiger partial charge < -0.3 is 0 Å². The number of hydrogen-bond donors (Lipinski definition) is 2. The third kappa shape index (κ3) is 2.17. The molecule has 1 aromatic rings. The van der Waals surface area contributed by atoms with Gasteiger partial charge in [0.1, 0.15) is 12.4 Å². The second-order valence-corrected chi connectivity index (χ2v) is 2.94. The van der Waals surface area contributed by atoms with Crippen molar-refractivity contribution in [1.82, 2.24) is 15.0 Å². The number of hydrogen-bond acceptors (Lipinski definition) is 4. The SMILES string of the molecule is Cc1cc(=O)n(CC(=O)NN)c(C)n1. The van der Waals surface area contributed by atoms with E-state index in [0.717, 1.165) is 0 Å². The minimum Gasteiger partial charge on any atom is -0.293 e. The standard InChI is InChI=1S/C8H12N4O2/c1-5-3-8(14)12(6(2)10-5)4-7(13)11-9/h3H,4,9H2,1-2H3,(H,11,13). The smallest absolute Gasteiger partial charge is 0.254 e. The van der Waals surface area contributed by atoms with Gasteiger partial charge in [-0.1, -0.05) is 0 Å². The molecule has 0 aliphatic carbocycles. The largest absolute Gasteiger partial charge is 0.293 e. The molecule has 0 aromatic carbocycles. The highest BCUT2D eigenvalue weighted by molar-refractivity contribution is 5.74. The Morgan fingerprint density at radius 1 is 1.64 bits per heavy atom. The van der Waals surface area contributed by atoms with Gasteiger partial charge in [0.15, 0.2) is 0 Å². The van der Waals surface area contributed by atoms with Crippen molar-refractivity contribution >= 4 is 5.91 Å². The van der Waals surface area contributed by atoms with E-state index in [9.17, 15) is 9.59 Å². The molecule has 1 rings (SSSR count). The van der Waals surface area contributed by atoms with E-state index >= 15 is 0 Å². The van der Waals surface area contributed by atoms with Crippen LogP contribution in [0.5, 0.6) is 0 Å². The first kappa shape index (κ1) is 10.4. The lowest BCUT2D eigenvalue weighted by molar-refractivity contribution is -0.121. The Morgan fingerprint density at radius 3 is 2.79 bits per heavy atom. The molecule has 1 amide bonds. The molecule has 14 heavy (non-hydrogen) atoms. The highest BCUT2D eigenvalue weighted by Gasteiger charge is 2.06. The first-order valence-electron chi connectivity index (χ1n) is 4.09. The van der Waals surface area contributed by atoms with Crippen molar-refractivity contribution in [3.8, 4) is 0 Å². The number of nitrogens with two attached hydrogens (primary N) is 1. The van der Waals surface area contributed by atoms with Crippen LogP contribution in [0.2, 0.25) is 0 Å². The molecule has 0 atom stereocenters. The van der Waals surface area contributed by atoms with Gasteiger partial charge in [-0.15, -0.1) is 0 Å². The molecule has 0 bridgehead atoms. The molecule has 1 aromatic heterocycles. The van der Waals surface area contributed by atoms with Crippen LogP contribution in [-0.4, -0.2) is 15.5 Å². The van der Waals surface area contributed by atoms with Gasteiger partial charge in [-0.3, -0.25) is 19.6 Å². The van der Waals surface area contributed by atoms with Crippen molar-refractivity contribution in [2.24, 2.45) is 5.84 Å². The van der Waals surface area contributed by atoms with Gasteiger partial charge in [-0.2, -0.15) is 0 Å². The quantitative estimate of drug-likeness (QED) is 0.355. The lowest BCUT2D eigenvalue weighted by Gasteiger charge is -2.07. The topological polar surface area (TPSA) is 90.0 Å². The molecule has 3 N–H and O–H groups in total. The highest BCUT2D eigenvalue weighted by Crippen LogP contribution is 1.92. The predicted octanol–water partition coefficient (Wildman–Crippen LogP) is -1.15. The van der Waals surface area contributed by atoms with Crippen LogP contribution < -0.4 is 16.8 Å². The summed E-state index contributed by atoms with van der Waals surface area (Å²) in [5, 5.41) is 0. The minimum absolute atomic E-state index is 0.103. The average molecular weight is 196 g/mol. The van der Waals surface area contributed by atoms with Crippen LogP contribution >= 0.6 is 0 Å². The van der Waals surface area contributed by atoms with E-state index in [-0.39, 0.29) is 12.1 Å². The van der Waals surface area contributed by atoms with Crippen LogP contribution in [0.15, 0.2) is 10.9 Å². The lowest BCUT2D eigenvalue weighted by atomic mass is 10.4. The molecular formula is C8H12N4O2. The number of aryl methyl sites for hydroxylation is 2. The van der Waals surface area contributed by atoms with Gasteiger partial charge in [0, 0.05) is 11.8 Å². The van der Waals surface area contributed by atoms with Gasteiger partial charge in [0.25, 0.3) is 11.5 Å². The van der Waals surface area contributed by atoms with E-state index in [1.165, 1.54) is 10.6 Å². The monoisotopic (exact) mass is 196 g/mol. The molecule has 1 heterocycles. The second kappa shape index (κ2) is 4.01. The Kier molecular flexibility index (Phi) is 2.98. The molecule has 0 spiro atoms. The zero-order chi connectivity index (χ0) is 10.7. The van der Waals surface area contributed by atoms with Crippen LogP contribution in [0.1, 0.15) is 11.5 Å². The first-order valence-corrected chi connectivity index (χ1v) is 4.09. The van der Waals surface area contributed by atoms with Crippen molar-refractivity contribution in [2.45, 2.75) is 20.4 Å². The van der Waals surface area contributed by atoms with Gasteiger partial charge >= 0.3 is 0 Å². The van der Waals surface area contributed by atoms with Crippen molar-refractivity contribution in [3.63, 3.8) is 0 Å². The van der Waals surface area contributed by atoms with Crippen molar-refractivity contribution < 1.29 is 4.79 Å². The van der Waals surface area contributed by atoms with Gasteiger partial charge in [-0.25, -0.2) is 10.8 Å². The average Bonchev–Trinajstić information content (AvgIpc) is 2.10. The van der Waals surface area contributed by atoms with E-state index in [0.29, 0.717) is 11.5 Å². The van der Waals surface area contributed by atoms with Crippen molar-refractivity contribution in [1.29, 1.82) is 0 Å². The van der Waals surface area contributed by atoms with Crippen LogP contribution in [0.4, 0.5) is 0 Å². The molecule has 0 aliphatic rings. The molecule has 6 nitrogen and oxygen atoms in total. The summed E-state index contributed by atoms with van der Waals surface area (Å²) >= 11 is 0. The van der Waals surface area contributed by atoms with Crippen LogP contribution in [-0.2, 0) is 11.3 Å². The number of carbonyl (C=O) groups excluding carboxylic acids is 1. The van der Waals surface area contributed by atoms with Crippen molar-refractivity contribution in [3.05, 3.63) is 27.9 Å². The molecular weight excluding hydrogens is 184 g/mol. The summed E-state index contributed by atoms with van der Waals surface area (Å²) in [5.41, 5.74) is 2.34. The number of nitrogens with one attached hydrogen (secondary N) is 1. The zero-order valence-corrected chi connectivity index (χ0v) is 8.07. The molecule has 0 saturated carbocycles. The Balaban J connectivity index is 3.09. The molecule has 0 unspecified atom stereocenters. The summed E-state index contributed by atoms with van der Waals surface area (Å²) in [6.45, 7) is 3.29. The number of rotatable bonds is 2. The molecule has 6 heteroatoms. The Labute approximate surface area is 80.7 Å². The number of nitrogens with zero attached hydrogens (tertiary/aromatic N) is 2. The van der Waals surface area contributed by atoms with Crippen LogP contribution in [0.3, 0.4) is 0 Å². The normalized spacial score (nSPS) is 9.93. The van der Waals surface area contributed by atoms with Gasteiger partial charge in [-0.05, 0) is 13.8 Å². The Morgan fingerprint density at radius 2 is 2.29 bits per heavy atom. The maximum absolute atomic E-state index is 11.4. The Hall–Kier alpha value is -1.69. The molecule has 0 fully saturated rings. The maximum Gasteiger partial charge on any atom is 0.254 e. The van der Waals surface area contributed by atoms with Crippen molar-refractivity contribution in [2.75, 3.05) is 0 Å². The van der Waals surface area contributed by atoms with E-state index in [4.69, 9.17) is 5.84 Å². The van der Waals surface area contributed by atoms with E-state index < -0.39 is 5.91 Å². The number of aromatic nitrogens is 2. The third-order valence-electron chi connectivity index (χ3n) is 1.79. The predicted molar refractivity (Wildman–Crippen MR) is 50.3 cm³/mol. The first-order chi connectivity index (χ1) is 6.54.